The molecule has 0 aliphatic heterocycles. The molecule has 0 unspecified atom stereocenters. The van der Waals surface area contributed by atoms with E-state index in [0.29, 0.717) is 37.1 Å². The van der Waals surface area contributed by atoms with Crippen LogP contribution in [0.15, 0.2) is 18.2 Å². The molecule has 0 saturated heterocycles. The SMILES string of the molecule is C#CCNCC/C(=C/CCC)c1c(C)ccc(O)c1C(F)(F)F. The molecule has 2 N–H and O–H groups in total. The first-order valence-corrected chi connectivity index (χ1v) is 7.56. The Morgan fingerprint density at radius 2 is 2.09 bits per heavy atom. The number of hydrogen-bond acceptors (Lipinski definition) is 2. The number of terminal acetylenes is 1. The van der Waals surface area contributed by atoms with Gasteiger partial charge in [0.15, 0.2) is 0 Å². The van der Waals surface area contributed by atoms with Crippen molar-refractivity contribution < 1.29 is 18.3 Å². The van der Waals surface area contributed by atoms with Gasteiger partial charge >= 0.3 is 6.18 Å². The summed E-state index contributed by atoms with van der Waals surface area (Å²) in [6.07, 6.45) is 4.28. The van der Waals surface area contributed by atoms with Gasteiger partial charge < -0.3 is 10.4 Å². The van der Waals surface area contributed by atoms with Gasteiger partial charge in [-0.1, -0.05) is 31.4 Å². The van der Waals surface area contributed by atoms with Crippen molar-refractivity contribution in [3.05, 3.63) is 34.9 Å². The van der Waals surface area contributed by atoms with E-state index in [1.807, 2.05) is 13.0 Å². The molecule has 5 heteroatoms. The van der Waals surface area contributed by atoms with Crippen molar-refractivity contribution in [2.24, 2.45) is 0 Å². The summed E-state index contributed by atoms with van der Waals surface area (Å²) in [4.78, 5) is 0. The highest BCUT2D eigenvalue weighted by Crippen LogP contribution is 2.42. The second-order valence-electron chi connectivity index (χ2n) is 5.30. The van der Waals surface area contributed by atoms with E-state index in [1.165, 1.54) is 6.07 Å². The van der Waals surface area contributed by atoms with Crippen LogP contribution in [-0.2, 0) is 6.18 Å². The predicted octanol–water partition coefficient (Wildman–Crippen LogP) is 4.52. The maximum Gasteiger partial charge on any atom is 0.420 e. The molecule has 0 radical (unpaired) electrons. The lowest BCUT2D eigenvalue weighted by molar-refractivity contribution is -0.139. The Bertz CT molecular complexity index is 598. The van der Waals surface area contributed by atoms with Crippen LogP contribution < -0.4 is 5.32 Å². The Kier molecular flexibility index (Phi) is 7.18. The van der Waals surface area contributed by atoms with Gasteiger partial charge in [0.25, 0.3) is 0 Å². The number of aromatic hydroxyl groups is 1. The van der Waals surface area contributed by atoms with Gasteiger partial charge in [-0.15, -0.1) is 6.42 Å². The summed E-state index contributed by atoms with van der Waals surface area (Å²) >= 11 is 0. The topological polar surface area (TPSA) is 32.3 Å². The summed E-state index contributed by atoms with van der Waals surface area (Å²) in [5, 5.41) is 12.7. The number of phenolic OH excluding ortho intramolecular Hbond substituents is 1. The van der Waals surface area contributed by atoms with Crippen LogP contribution in [0.25, 0.3) is 5.57 Å². The van der Waals surface area contributed by atoms with Gasteiger partial charge in [0.1, 0.15) is 11.3 Å². The highest BCUT2D eigenvalue weighted by molar-refractivity contribution is 5.73. The minimum atomic E-state index is -4.61. The second kappa shape index (κ2) is 8.64. The van der Waals surface area contributed by atoms with Crippen molar-refractivity contribution in [3.8, 4) is 18.1 Å². The summed E-state index contributed by atoms with van der Waals surface area (Å²) in [7, 11) is 0. The first kappa shape index (κ1) is 19.1. The Morgan fingerprint density at radius 1 is 1.39 bits per heavy atom. The van der Waals surface area contributed by atoms with Crippen molar-refractivity contribution in [1.29, 1.82) is 0 Å². The summed E-state index contributed by atoms with van der Waals surface area (Å²) in [6.45, 7) is 4.43. The Balaban J connectivity index is 3.30. The molecular formula is C18H22F3NO. The lowest BCUT2D eigenvalue weighted by Gasteiger charge is -2.19. The van der Waals surface area contributed by atoms with E-state index in [2.05, 4.69) is 11.2 Å². The number of alkyl halides is 3. The minimum Gasteiger partial charge on any atom is -0.507 e. The van der Waals surface area contributed by atoms with Crippen LogP contribution >= 0.6 is 0 Å². The molecule has 0 bridgehead atoms. The zero-order valence-electron chi connectivity index (χ0n) is 13.4. The van der Waals surface area contributed by atoms with E-state index in [0.717, 1.165) is 12.5 Å². The molecule has 126 valence electrons. The third kappa shape index (κ3) is 5.33. The first-order chi connectivity index (χ1) is 10.8. The second-order valence-corrected chi connectivity index (χ2v) is 5.30. The van der Waals surface area contributed by atoms with Gasteiger partial charge in [0.05, 0.1) is 6.54 Å². The van der Waals surface area contributed by atoms with Crippen LogP contribution in [0.3, 0.4) is 0 Å². The van der Waals surface area contributed by atoms with Crippen LogP contribution in [0.4, 0.5) is 13.2 Å². The van der Waals surface area contributed by atoms with Crippen molar-refractivity contribution in [2.75, 3.05) is 13.1 Å². The average Bonchev–Trinajstić information content (AvgIpc) is 2.48. The van der Waals surface area contributed by atoms with Gasteiger partial charge in [-0.3, -0.25) is 0 Å². The van der Waals surface area contributed by atoms with Crippen molar-refractivity contribution in [3.63, 3.8) is 0 Å². The lowest BCUT2D eigenvalue weighted by Crippen LogP contribution is -2.17. The van der Waals surface area contributed by atoms with E-state index in [4.69, 9.17) is 6.42 Å². The maximum atomic E-state index is 13.4. The number of hydrogen-bond donors (Lipinski definition) is 2. The van der Waals surface area contributed by atoms with Crippen molar-refractivity contribution in [1.82, 2.24) is 5.32 Å². The van der Waals surface area contributed by atoms with Crippen molar-refractivity contribution in [2.45, 2.75) is 39.3 Å². The van der Waals surface area contributed by atoms with E-state index < -0.39 is 17.5 Å². The quantitative estimate of drug-likeness (QED) is 0.571. The number of benzene rings is 1. The normalized spacial score (nSPS) is 12.3. The van der Waals surface area contributed by atoms with E-state index in [-0.39, 0.29) is 5.56 Å². The monoisotopic (exact) mass is 325 g/mol. The molecule has 1 aromatic carbocycles. The third-order valence-electron chi connectivity index (χ3n) is 3.47. The lowest BCUT2D eigenvalue weighted by atomic mass is 9.91. The highest BCUT2D eigenvalue weighted by Gasteiger charge is 2.37. The molecule has 0 aliphatic carbocycles. The number of nitrogens with one attached hydrogen (secondary N) is 1. The molecule has 0 amide bonds. The predicted molar refractivity (Wildman–Crippen MR) is 87.1 cm³/mol. The van der Waals surface area contributed by atoms with E-state index >= 15 is 0 Å². The van der Waals surface area contributed by atoms with Crippen LogP contribution in [0, 0.1) is 19.3 Å². The fourth-order valence-electron chi connectivity index (χ4n) is 2.43. The highest BCUT2D eigenvalue weighted by atomic mass is 19.4. The Labute approximate surface area is 135 Å². The van der Waals surface area contributed by atoms with Gasteiger partial charge in [-0.25, -0.2) is 0 Å². The molecule has 0 aliphatic rings. The molecular weight excluding hydrogens is 303 g/mol. The molecule has 2 nitrogen and oxygen atoms in total. The number of unbranched alkanes of at least 4 members (excludes halogenated alkanes) is 1. The van der Waals surface area contributed by atoms with Gasteiger partial charge in [0.2, 0.25) is 0 Å². The Hall–Kier alpha value is -1.93. The molecule has 1 aromatic rings. The fourth-order valence-corrected chi connectivity index (χ4v) is 2.43. The Morgan fingerprint density at radius 3 is 2.65 bits per heavy atom. The molecule has 23 heavy (non-hydrogen) atoms. The summed E-state index contributed by atoms with van der Waals surface area (Å²) in [6, 6.07) is 2.60. The molecule has 0 fully saturated rings. The number of rotatable bonds is 7. The van der Waals surface area contributed by atoms with Crippen LogP contribution in [0.2, 0.25) is 0 Å². The zero-order valence-corrected chi connectivity index (χ0v) is 13.4. The third-order valence-corrected chi connectivity index (χ3v) is 3.47. The van der Waals surface area contributed by atoms with Gasteiger partial charge in [-0.05, 0) is 42.5 Å². The number of phenols is 1. The standard InChI is InChI=1S/C18H22F3NO/c1-4-6-7-14(10-12-22-11-5-2)16-13(3)8-9-15(23)17(16)18(19,20)21/h2,7-9,22-23H,4,6,10-12H2,1,3H3/b14-7-. The summed E-state index contributed by atoms with van der Waals surface area (Å²) in [5.41, 5.74) is 0.191. The smallest absolute Gasteiger partial charge is 0.420 e. The molecule has 0 heterocycles. The molecule has 0 aromatic heterocycles. The molecule has 0 saturated carbocycles. The van der Waals surface area contributed by atoms with E-state index in [1.54, 1.807) is 6.92 Å². The van der Waals surface area contributed by atoms with E-state index in [9.17, 15) is 18.3 Å². The minimum absolute atomic E-state index is 0.0773. The average molecular weight is 325 g/mol. The molecule has 1 rings (SSSR count). The van der Waals surface area contributed by atoms with Crippen molar-refractivity contribution >= 4 is 5.57 Å². The molecule has 0 spiro atoms. The number of halogens is 3. The zero-order chi connectivity index (χ0) is 17.5. The van der Waals surface area contributed by atoms with Crippen LogP contribution in [-0.4, -0.2) is 18.2 Å². The van der Waals surface area contributed by atoms with Crippen LogP contribution in [0.1, 0.15) is 42.9 Å². The summed E-state index contributed by atoms with van der Waals surface area (Å²) in [5.74, 6) is 1.69. The maximum absolute atomic E-state index is 13.4. The molecule has 0 atom stereocenters. The number of aryl methyl sites for hydroxylation is 1. The summed E-state index contributed by atoms with van der Waals surface area (Å²) < 4.78 is 40.2. The number of allylic oxidation sites excluding steroid dienone is 1. The van der Waals surface area contributed by atoms with Crippen LogP contribution in [0.5, 0.6) is 5.75 Å². The largest absolute Gasteiger partial charge is 0.507 e. The van der Waals surface area contributed by atoms with Gasteiger partial charge in [-0.2, -0.15) is 13.2 Å². The first-order valence-electron chi connectivity index (χ1n) is 7.56. The van der Waals surface area contributed by atoms with Gasteiger partial charge in [0, 0.05) is 6.54 Å². The fraction of sp³-hybridized carbons (Fsp3) is 0.444.